The number of phenols is 1. The molecule has 8 heteroatoms. The van der Waals surface area contributed by atoms with E-state index < -0.39 is 5.91 Å². The van der Waals surface area contributed by atoms with Gasteiger partial charge in [-0.05, 0) is 12.1 Å². The topological polar surface area (TPSA) is 81.1 Å². The van der Waals surface area contributed by atoms with Crippen molar-refractivity contribution in [3.8, 4) is 5.75 Å². The lowest BCUT2D eigenvalue weighted by molar-refractivity contribution is -0.159. The Kier molecular flexibility index (Phi) is 5.16. The molecule has 0 radical (unpaired) electrons. The van der Waals surface area contributed by atoms with E-state index in [4.69, 9.17) is 28.4 Å². The fourth-order valence-electron chi connectivity index (χ4n) is 2.52. The van der Waals surface area contributed by atoms with Gasteiger partial charge in [-0.1, -0.05) is 23.2 Å². The zero-order chi connectivity index (χ0) is 16.4. The molecule has 1 atom stereocenters. The van der Waals surface area contributed by atoms with E-state index in [9.17, 15) is 14.7 Å². The lowest BCUT2D eigenvalue weighted by Gasteiger charge is -2.18. The molecule has 1 unspecified atom stereocenters. The number of benzene rings is 1. The number of aromatic hydroxyl groups is 1. The van der Waals surface area contributed by atoms with Crippen molar-refractivity contribution in [2.75, 3.05) is 20.1 Å². The molecule has 22 heavy (non-hydrogen) atoms. The molecule has 0 aliphatic carbocycles. The normalized spacial score (nSPS) is 17.9. The second-order valence-corrected chi connectivity index (χ2v) is 5.99. The SMILES string of the molecule is CN(O)C(=O)CCN1CC(c2c(O)ccc(Cl)c2Cl)CC1=O. The maximum Gasteiger partial charge on any atom is 0.247 e. The maximum atomic E-state index is 12.0. The Labute approximate surface area is 137 Å². The number of carbonyl (C=O) groups excluding carboxylic acids is 2. The summed E-state index contributed by atoms with van der Waals surface area (Å²) in [6, 6.07) is 2.94. The summed E-state index contributed by atoms with van der Waals surface area (Å²) < 4.78 is 0. The van der Waals surface area contributed by atoms with Gasteiger partial charge in [-0.15, -0.1) is 0 Å². The summed E-state index contributed by atoms with van der Waals surface area (Å²) in [4.78, 5) is 24.9. The van der Waals surface area contributed by atoms with Crippen LogP contribution in [0.5, 0.6) is 5.75 Å². The molecule has 1 aromatic carbocycles. The van der Waals surface area contributed by atoms with Gasteiger partial charge in [-0.25, -0.2) is 5.06 Å². The van der Waals surface area contributed by atoms with Gasteiger partial charge in [-0.2, -0.15) is 0 Å². The number of hydrogen-bond acceptors (Lipinski definition) is 4. The van der Waals surface area contributed by atoms with Crippen LogP contribution >= 0.6 is 23.2 Å². The van der Waals surface area contributed by atoms with Gasteiger partial charge in [0.15, 0.2) is 0 Å². The summed E-state index contributed by atoms with van der Waals surface area (Å²) in [5.74, 6) is -0.880. The summed E-state index contributed by atoms with van der Waals surface area (Å²) in [6.45, 7) is 0.549. The Morgan fingerprint density at radius 1 is 1.45 bits per heavy atom. The number of phenolic OH excluding ortho intramolecular Hbond substituents is 1. The molecule has 120 valence electrons. The van der Waals surface area contributed by atoms with Crippen molar-refractivity contribution in [2.24, 2.45) is 0 Å². The Morgan fingerprint density at radius 3 is 2.77 bits per heavy atom. The molecule has 0 bridgehead atoms. The Balaban J connectivity index is 2.10. The van der Waals surface area contributed by atoms with E-state index in [0.29, 0.717) is 22.2 Å². The molecule has 2 N–H and O–H groups in total. The number of hydrogen-bond donors (Lipinski definition) is 2. The third-order valence-electron chi connectivity index (χ3n) is 3.69. The molecular weight excluding hydrogens is 331 g/mol. The van der Waals surface area contributed by atoms with Gasteiger partial charge in [0.2, 0.25) is 11.8 Å². The third-order valence-corrected chi connectivity index (χ3v) is 4.51. The highest BCUT2D eigenvalue weighted by atomic mass is 35.5. The fraction of sp³-hybridized carbons (Fsp3) is 0.429. The number of carbonyl (C=O) groups is 2. The van der Waals surface area contributed by atoms with Gasteiger partial charge in [-0.3, -0.25) is 14.8 Å². The molecule has 1 aromatic rings. The molecule has 0 aromatic heterocycles. The zero-order valence-electron chi connectivity index (χ0n) is 11.9. The summed E-state index contributed by atoms with van der Waals surface area (Å²) >= 11 is 12.1. The number of likely N-dealkylation sites (tertiary alicyclic amines) is 1. The first-order valence-corrected chi connectivity index (χ1v) is 7.47. The van der Waals surface area contributed by atoms with Crippen molar-refractivity contribution < 1.29 is 19.9 Å². The van der Waals surface area contributed by atoms with Crippen LogP contribution in [0.3, 0.4) is 0 Å². The van der Waals surface area contributed by atoms with Gasteiger partial charge < -0.3 is 10.0 Å². The first kappa shape index (κ1) is 16.9. The minimum absolute atomic E-state index is 0.000202. The minimum Gasteiger partial charge on any atom is -0.508 e. The third kappa shape index (κ3) is 3.45. The van der Waals surface area contributed by atoms with Crippen LogP contribution in [0.25, 0.3) is 0 Å². The lowest BCUT2D eigenvalue weighted by atomic mass is 9.97. The highest BCUT2D eigenvalue weighted by molar-refractivity contribution is 6.42. The van der Waals surface area contributed by atoms with E-state index in [2.05, 4.69) is 0 Å². The first-order chi connectivity index (χ1) is 10.3. The van der Waals surface area contributed by atoms with Gasteiger partial charge in [0.25, 0.3) is 0 Å². The second-order valence-electron chi connectivity index (χ2n) is 5.20. The molecule has 6 nitrogen and oxygen atoms in total. The molecular formula is C14H16Cl2N2O4. The predicted octanol–water partition coefficient (Wildman–Crippen LogP) is 2.25. The summed E-state index contributed by atoms with van der Waals surface area (Å²) in [6.07, 6.45) is 0.220. The van der Waals surface area contributed by atoms with Crippen LogP contribution < -0.4 is 0 Å². The monoisotopic (exact) mass is 346 g/mol. The quantitative estimate of drug-likeness (QED) is 0.647. The van der Waals surface area contributed by atoms with Crippen molar-refractivity contribution in [1.29, 1.82) is 0 Å². The van der Waals surface area contributed by atoms with Crippen LogP contribution in [0.15, 0.2) is 12.1 Å². The second kappa shape index (κ2) is 6.73. The molecule has 1 aliphatic heterocycles. The molecule has 1 aliphatic rings. The smallest absolute Gasteiger partial charge is 0.247 e. The number of hydroxylamine groups is 2. The molecule has 0 spiro atoms. The van der Waals surface area contributed by atoms with Crippen molar-refractivity contribution in [3.05, 3.63) is 27.7 Å². The molecule has 0 saturated carbocycles. The maximum absolute atomic E-state index is 12.0. The molecule has 2 amide bonds. The predicted molar refractivity (Wildman–Crippen MR) is 81.2 cm³/mol. The van der Waals surface area contributed by atoms with Crippen LogP contribution in [0.2, 0.25) is 10.0 Å². The van der Waals surface area contributed by atoms with Crippen LogP contribution in [-0.2, 0) is 9.59 Å². The molecule has 1 saturated heterocycles. The average molecular weight is 347 g/mol. The molecule has 2 rings (SSSR count). The van der Waals surface area contributed by atoms with E-state index in [0.717, 1.165) is 0 Å². The highest BCUT2D eigenvalue weighted by Gasteiger charge is 2.34. The van der Waals surface area contributed by atoms with E-state index in [-0.39, 0.29) is 42.0 Å². The summed E-state index contributed by atoms with van der Waals surface area (Å²) in [7, 11) is 1.24. The Morgan fingerprint density at radius 2 is 2.14 bits per heavy atom. The minimum atomic E-state index is -0.472. The lowest BCUT2D eigenvalue weighted by Crippen LogP contribution is -2.31. The van der Waals surface area contributed by atoms with E-state index in [1.165, 1.54) is 24.1 Å². The van der Waals surface area contributed by atoms with Crippen LogP contribution in [0, 0.1) is 0 Å². The van der Waals surface area contributed by atoms with Crippen LogP contribution in [-0.4, -0.2) is 52.2 Å². The van der Waals surface area contributed by atoms with E-state index >= 15 is 0 Å². The van der Waals surface area contributed by atoms with Crippen molar-refractivity contribution >= 4 is 35.0 Å². The van der Waals surface area contributed by atoms with Crippen molar-refractivity contribution in [3.63, 3.8) is 0 Å². The molecule has 1 fully saturated rings. The highest BCUT2D eigenvalue weighted by Crippen LogP contribution is 2.41. The van der Waals surface area contributed by atoms with Crippen LogP contribution in [0.1, 0.15) is 24.3 Å². The Hall–Kier alpha value is -1.50. The molecule has 1 heterocycles. The number of rotatable bonds is 4. The van der Waals surface area contributed by atoms with Crippen molar-refractivity contribution in [1.82, 2.24) is 9.96 Å². The standard InChI is InChI=1S/C14H16Cl2N2O4/c1-17(22)11(20)4-5-18-7-8(6-12(18)21)13-10(19)3-2-9(15)14(13)16/h2-3,8,19,22H,4-7H2,1H3. The number of halogens is 2. The van der Waals surface area contributed by atoms with Gasteiger partial charge in [0.05, 0.1) is 10.0 Å². The first-order valence-electron chi connectivity index (χ1n) is 6.71. The largest absolute Gasteiger partial charge is 0.508 e. The van der Waals surface area contributed by atoms with Crippen LogP contribution in [0.4, 0.5) is 0 Å². The number of amides is 2. The van der Waals surface area contributed by atoms with Gasteiger partial charge >= 0.3 is 0 Å². The van der Waals surface area contributed by atoms with Gasteiger partial charge in [0, 0.05) is 44.5 Å². The summed E-state index contributed by atoms with van der Waals surface area (Å²) in [5.41, 5.74) is 0.454. The Bertz CT molecular complexity index is 607. The van der Waals surface area contributed by atoms with E-state index in [1.54, 1.807) is 0 Å². The van der Waals surface area contributed by atoms with Gasteiger partial charge in [0.1, 0.15) is 5.75 Å². The zero-order valence-corrected chi connectivity index (χ0v) is 13.4. The fourth-order valence-corrected chi connectivity index (χ4v) is 3.00. The average Bonchev–Trinajstić information content (AvgIpc) is 2.81. The van der Waals surface area contributed by atoms with E-state index in [1.807, 2.05) is 0 Å². The summed E-state index contributed by atoms with van der Waals surface area (Å²) in [5, 5.41) is 20.0. The number of nitrogens with zero attached hydrogens (tertiary/aromatic N) is 2. The van der Waals surface area contributed by atoms with Crippen molar-refractivity contribution in [2.45, 2.75) is 18.8 Å².